The average molecular weight is 1330 g/mol. The molecule has 0 aliphatic carbocycles. The molecule has 15 rings (SSSR count). The van der Waals surface area contributed by atoms with Gasteiger partial charge in [0.15, 0.2) is 0 Å². The Balaban J connectivity index is 0.000000128. The molecule has 88 heavy (non-hydrogen) atoms. The molecule has 6 aromatic heterocycles. The molecule has 0 atom stereocenters. The predicted octanol–water partition coefficient (Wildman–Crippen LogP) is 19.2. The van der Waals surface area contributed by atoms with Crippen molar-refractivity contribution < 1.29 is 20.1 Å². The summed E-state index contributed by atoms with van der Waals surface area (Å²) in [6.07, 6.45) is 11.8. The van der Waals surface area contributed by atoms with E-state index in [1.807, 2.05) is 37.2 Å². The topological polar surface area (TPSA) is 68.2 Å². The number of para-hydroxylation sites is 3. The molecule has 0 aliphatic heterocycles. The Morgan fingerprint density at radius 1 is 0.318 bits per heavy atom. The molecule has 10 heteroatoms. The van der Waals surface area contributed by atoms with Crippen LogP contribution in [-0.4, -0.2) is 42.4 Å². The first kappa shape index (κ1) is 59.0. The first-order valence-electron chi connectivity index (χ1n) is 30.4. The van der Waals surface area contributed by atoms with Gasteiger partial charge in [0.2, 0.25) is 0 Å². The van der Waals surface area contributed by atoms with Gasteiger partial charge in [-0.2, -0.15) is 0 Å². The molecule has 0 fully saturated rings. The molecule has 0 N–H and O–H groups in total. The van der Waals surface area contributed by atoms with Crippen LogP contribution in [0.5, 0.6) is 0 Å². The zero-order valence-electron chi connectivity index (χ0n) is 52.3. The summed E-state index contributed by atoms with van der Waals surface area (Å²) >= 11 is 0. The van der Waals surface area contributed by atoms with Crippen molar-refractivity contribution in [2.24, 2.45) is 0 Å². The number of hydrogen-bond acceptors (Lipinski definition) is 3. The van der Waals surface area contributed by atoms with Crippen LogP contribution >= 0.6 is 0 Å². The fraction of sp³-hybridized carbons (Fsp3) is 0.192. The summed E-state index contributed by atoms with van der Waals surface area (Å²) in [4.78, 5) is 14.1. The van der Waals surface area contributed by atoms with Crippen molar-refractivity contribution in [2.45, 2.75) is 103 Å². The molecular formula is C78H72IrN9. The first-order valence-corrected chi connectivity index (χ1v) is 30.4. The summed E-state index contributed by atoms with van der Waals surface area (Å²) in [7, 11) is 0. The molecule has 0 saturated carbocycles. The third-order valence-electron chi connectivity index (χ3n) is 17.3. The maximum absolute atomic E-state index is 4.71. The van der Waals surface area contributed by atoms with Gasteiger partial charge in [0.1, 0.15) is 0 Å². The Morgan fingerprint density at radius 2 is 0.568 bits per heavy atom. The molecule has 438 valence electrons. The van der Waals surface area contributed by atoms with Crippen molar-refractivity contribution in [1.82, 2.24) is 42.4 Å². The number of imidazole rings is 3. The third kappa shape index (κ3) is 10.3. The van der Waals surface area contributed by atoms with Crippen LogP contribution in [0, 0.1) is 80.5 Å². The van der Waals surface area contributed by atoms with Gasteiger partial charge in [0.25, 0.3) is 0 Å². The smallest absolute Gasteiger partial charge is 0.381 e. The van der Waals surface area contributed by atoms with Crippen LogP contribution in [0.15, 0.2) is 183 Å². The largest absolute Gasteiger partial charge is 3.00 e. The molecule has 0 radical (unpaired) electrons. The third-order valence-corrected chi connectivity index (χ3v) is 17.3. The Hall–Kier alpha value is -9.34. The Kier molecular flexibility index (Phi) is 16.2. The number of rotatable bonds is 9. The number of benzene rings is 9. The van der Waals surface area contributed by atoms with Gasteiger partial charge in [-0.05, 0) is 167 Å². The van der Waals surface area contributed by atoms with Crippen LogP contribution in [0.1, 0.15) is 70.8 Å². The van der Waals surface area contributed by atoms with Gasteiger partial charge in [-0.25, -0.2) is 0 Å². The SMILES string of the molecule is CCn1c2c[c-]c(-c3nccn3-c3c(C)cc(C)cc3C)cc2c2ccccc21.CCn1c2c[c-]c(-c3nccn3-c3c(C)cc(C)cc3C)cc2c2ccccc21.CCn1c2c[c-]c(-c3nccn3-c3c(C)cc(C)cc3C)cc2c2ccccc21.[Ir+3]. The summed E-state index contributed by atoms with van der Waals surface area (Å²) < 4.78 is 13.6. The van der Waals surface area contributed by atoms with E-state index in [0.29, 0.717) is 0 Å². The maximum atomic E-state index is 4.71. The number of nitrogens with zero attached hydrogens (tertiary/aromatic N) is 9. The molecule has 15 aromatic rings. The van der Waals surface area contributed by atoms with E-state index < -0.39 is 0 Å². The van der Waals surface area contributed by atoms with E-state index in [0.717, 1.165) is 53.8 Å². The van der Waals surface area contributed by atoms with E-state index in [1.54, 1.807) is 0 Å². The van der Waals surface area contributed by atoms with Crippen LogP contribution in [0.4, 0.5) is 0 Å². The zero-order valence-corrected chi connectivity index (χ0v) is 54.7. The summed E-state index contributed by atoms with van der Waals surface area (Å²) in [6, 6.07) is 62.8. The van der Waals surface area contributed by atoms with Gasteiger partial charge in [-0.3, -0.25) is 15.0 Å². The molecule has 0 amide bonds. The van der Waals surface area contributed by atoms with Crippen LogP contribution in [-0.2, 0) is 39.7 Å². The van der Waals surface area contributed by atoms with E-state index in [1.165, 1.54) is 133 Å². The minimum atomic E-state index is 0. The standard InChI is InChI=1S/3C26H24N3.Ir/c3*1-5-28-23-9-7-6-8-21(23)22-16-20(10-11-24(22)28)26-27-12-13-29(26)25-18(3)14-17(2)15-19(25)4;/h3*6-9,11-16H,5H2,1-4H3;/q3*-1;+3. The summed E-state index contributed by atoms with van der Waals surface area (Å²) in [5.74, 6) is 2.78. The normalized spacial score (nSPS) is 11.5. The van der Waals surface area contributed by atoms with Gasteiger partial charge in [0, 0.05) is 90.4 Å². The van der Waals surface area contributed by atoms with Crippen molar-refractivity contribution in [2.75, 3.05) is 0 Å². The van der Waals surface area contributed by atoms with Gasteiger partial charge in [0.05, 0.1) is 17.5 Å². The van der Waals surface area contributed by atoms with Crippen molar-refractivity contribution in [3.63, 3.8) is 0 Å². The van der Waals surface area contributed by atoms with Crippen LogP contribution in [0.2, 0.25) is 0 Å². The number of aromatic nitrogens is 9. The van der Waals surface area contributed by atoms with Crippen molar-refractivity contribution >= 4 is 65.4 Å². The molecule has 0 bridgehead atoms. The molecular weight excluding hydrogens is 1260 g/mol. The Morgan fingerprint density at radius 3 is 0.818 bits per heavy atom. The van der Waals surface area contributed by atoms with Crippen LogP contribution in [0.25, 0.3) is 117 Å². The minimum Gasteiger partial charge on any atom is -0.381 e. The second-order valence-corrected chi connectivity index (χ2v) is 23.3. The molecule has 0 aliphatic rings. The van der Waals surface area contributed by atoms with Crippen molar-refractivity contribution in [1.29, 1.82) is 0 Å². The van der Waals surface area contributed by atoms with Gasteiger partial charge >= 0.3 is 20.1 Å². The fourth-order valence-corrected chi connectivity index (χ4v) is 14.1. The number of hydrogen-bond donors (Lipinski definition) is 0. The van der Waals surface area contributed by atoms with Crippen molar-refractivity contribution in [3.8, 4) is 51.2 Å². The van der Waals surface area contributed by atoms with Crippen molar-refractivity contribution in [3.05, 3.63) is 251 Å². The second kappa shape index (κ2) is 24.1. The van der Waals surface area contributed by atoms with Crippen LogP contribution < -0.4 is 0 Å². The van der Waals surface area contributed by atoms with E-state index in [-0.39, 0.29) is 20.1 Å². The molecule has 0 unspecified atom stereocenters. The number of aryl methyl sites for hydroxylation is 12. The average Bonchev–Trinajstić information content (AvgIpc) is 2.04. The molecule has 9 nitrogen and oxygen atoms in total. The Labute approximate surface area is 529 Å². The summed E-state index contributed by atoms with van der Waals surface area (Å²) in [5.41, 5.74) is 25.5. The van der Waals surface area contributed by atoms with E-state index in [9.17, 15) is 0 Å². The van der Waals surface area contributed by atoms with E-state index >= 15 is 0 Å². The Bertz CT molecular complexity index is 4550. The van der Waals surface area contributed by atoms with E-state index in [2.05, 4.69) is 274 Å². The molecule has 9 aromatic carbocycles. The number of fused-ring (bicyclic) bond motifs is 9. The monoisotopic (exact) mass is 1330 g/mol. The van der Waals surface area contributed by atoms with Gasteiger partial charge in [-0.1, -0.05) is 124 Å². The molecule has 0 saturated heterocycles. The minimum absolute atomic E-state index is 0. The van der Waals surface area contributed by atoms with Gasteiger partial charge < -0.3 is 27.4 Å². The quantitative estimate of drug-likeness (QED) is 0.135. The molecule has 6 heterocycles. The summed E-state index contributed by atoms with van der Waals surface area (Å²) in [5, 5.41) is 7.59. The summed E-state index contributed by atoms with van der Waals surface area (Å²) in [6.45, 7) is 28.8. The maximum Gasteiger partial charge on any atom is 3.00 e. The zero-order chi connectivity index (χ0) is 60.4. The van der Waals surface area contributed by atoms with Gasteiger partial charge in [-0.15, -0.1) is 71.3 Å². The fourth-order valence-electron chi connectivity index (χ4n) is 14.1. The predicted molar refractivity (Wildman–Crippen MR) is 362 cm³/mol. The molecule has 0 spiro atoms. The van der Waals surface area contributed by atoms with E-state index in [4.69, 9.17) is 15.0 Å². The van der Waals surface area contributed by atoms with Crippen LogP contribution in [0.3, 0.4) is 0 Å². The first-order chi connectivity index (χ1) is 42.2. The second-order valence-electron chi connectivity index (χ2n) is 23.3.